The van der Waals surface area contributed by atoms with Crippen LogP contribution in [0.4, 0.5) is 0 Å². The van der Waals surface area contributed by atoms with Gasteiger partial charge < -0.3 is 4.48 Å². The second kappa shape index (κ2) is 3.02. The normalized spacial score (nSPS) is 25.8. The van der Waals surface area contributed by atoms with Gasteiger partial charge in [-0.05, 0) is 11.3 Å². The van der Waals surface area contributed by atoms with Crippen LogP contribution < -0.4 is 0 Å². The first-order valence-electron chi connectivity index (χ1n) is 5.13. The van der Waals surface area contributed by atoms with Gasteiger partial charge in [0.05, 0.1) is 27.2 Å². The van der Waals surface area contributed by atoms with Crippen LogP contribution in [0, 0.1) is 11.3 Å². The van der Waals surface area contributed by atoms with Gasteiger partial charge in [0.15, 0.2) is 0 Å². The first-order chi connectivity index (χ1) is 5.31. The minimum atomic E-state index is 0.528. The molecule has 12 heavy (non-hydrogen) atoms. The molecule has 0 aliphatic carbocycles. The van der Waals surface area contributed by atoms with Crippen molar-refractivity contribution in [3.63, 3.8) is 0 Å². The molecule has 1 nitrogen and oxygen atoms in total. The van der Waals surface area contributed by atoms with Gasteiger partial charge in [0.1, 0.15) is 0 Å². The summed E-state index contributed by atoms with van der Waals surface area (Å²) < 4.78 is 1.23. The van der Waals surface area contributed by atoms with Crippen molar-refractivity contribution in [1.29, 1.82) is 0 Å². The Hall–Kier alpha value is -0.0400. The van der Waals surface area contributed by atoms with Gasteiger partial charge in [-0.25, -0.2) is 0 Å². The number of rotatable bonds is 0. The molecule has 0 amide bonds. The molecule has 0 aromatic carbocycles. The molecular formula is C11H24N+. The van der Waals surface area contributed by atoms with E-state index in [4.69, 9.17) is 0 Å². The largest absolute Gasteiger partial charge is 0.328 e. The smallest absolute Gasteiger partial charge is 0.0785 e. The number of quaternary nitrogens is 1. The molecular weight excluding hydrogens is 146 g/mol. The van der Waals surface area contributed by atoms with Gasteiger partial charge in [-0.15, -0.1) is 0 Å². The van der Waals surface area contributed by atoms with E-state index in [0.717, 1.165) is 5.92 Å². The fourth-order valence-electron chi connectivity index (χ4n) is 2.13. The maximum absolute atomic E-state index is 2.38. The second-order valence-corrected chi connectivity index (χ2v) is 6.02. The molecule has 0 spiro atoms. The van der Waals surface area contributed by atoms with Crippen LogP contribution in [0.15, 0.2) is 0 Å². The Morgan fingerprint density at radius 2 is 1.42 bits per heavy atom. The monoisotopic (exact) mass is 170 g/mol. The number of nitrogens with zero attached hydrogens (tertiary/aromatic N) is 1. The number of hydrogen-bond donors (Lipinski definition) is 0. The first-order valence-corrected chi connectivity index (χ1v) is 5.13. The van der Waals surface area contributed by atoms with Crippen LogP contribution >= 0.6 is 0 Å². The van der Waals surface area contributed by atoms with Crippen LogP contribution in [0.5, 0.6) is 0 Å². The van der Waals surface area contributed by atoms with Crippen molar-refractivity contribution >= 4 is 0 Å². The molecule has 0 atom stereocenters. The highest BCUT2D eigenvalue weighted by Crippen LogP contribution is 2.35. The van der Waals surface area contributed by atoms with Crippen LogP contribution in [0.1, 0.15) is 33.6 Å². The molecule has 1 rings (SSSR count). The molecule has 1 aliphatic rings. The third kappa shape index (κ3) is 2.48. The average molecular weight is 170 g/mol. The summed E-state index contributed by atoms with van der Waals surface area (Å²) in [5, 5.41) is 0. The zero-order valence-electron chi connectivity index (χ0n) is 9.35. The molecule has 0 unspecified atom stereocenters. The Labute approximate surface area is 77.4 Å². The summed E-state index contributed by atoms with van der Waals surface area (Å²) in [7, 11) is 4.69. The summed E-state index contributed by atoms with van der Waals surface area (Å²) in [5.41, 5.74) is 0.528. The molecule has 0 aromatic rings. The highest BCUT2D eigenvalue weighted by molar-refractivity contribution is 4.76. The molecule has 0 N–H and O–H groups in total. The van der Waals surface area contributed by atoms with Crippen LogP contribution in [-0.2, 0) is 0 Å². The van der Waals surface area contributed by atoms with E-state index in [1.54, 1.807) is 0 Å². The van der Waals surface area contributed by atoms with Gasteiger partial charge in [-0.2, -0.15) is 0 Å². The van der Waals surface area contributed by atoms with Gasteiger partial charge in [0, 0.05) is 12.8 Å². The van der Waals surface area contributed by atoms with E-state index in [0.29, 0.717) is 5.41 Å². The van der Waals surface area contributed by atoms with Crippen LogP contribution in [-0.4, -0.2) is 31.7 Å². The highest BCUT2D eigenvalue weighted by Gasteiger charge is 2.32. The summed E-state index contributed by atoms with van der Waals surface area (Å²) in [6.07, 6.45) is 2.83. The third-order valence-corrected chi connectivity index (χ3v) is 3.39. The third-order valence-electron chi connectivity index (χ3n) is 3.39. The zero-order valence-corrected chi connectivity index (χ0v) is 9.35. The Bertz CT molecular complexity index is 143. The van der Waals surface area contributed by atoms with Crippen LogP contribution in [0.25, 0.3) is 0 Å². The SMILES string of the molecule is CC(C)(C)C1CC[N+](C)(C)CC1. The molecule has 72 valence electrons. The lowest BCUT2D eigenvalue weighted by molar-refractivity contribution is -0.896. The Kier molecular flexibility index (Phi) is 2.53. The minimum absolute atomic E-state index is 0.528. The molecule has 0 aromatic heterocycles. The number of likely N-dealkylation sites (tertiary alicyclic amines) is 1. The van der Waals surface area contributed by atoms with Crippen LogP contribution in [0.2, 0.25) is 0 Å². The van der Waals surface area contributed by atoms with Gasteiger partial charge in [-0.3, -0.25) is 0 Å². The topological polar surface area (TPSA) is 0 Å². The van der Waals surface area contributed by atoms with Crippen molar-refractivity contribution < 1.29 is 4.48 Å². The summed E-state index contributed by atoms with van der Waals surface area (Å²) in [4.78, 5) is 0. The van der Waals surface area contributed by atoms with E-state index >= 15 is 0 Å². The lowest BCUT2D eigenvalue weighted by Gasteiger charge is -2.41. The van der Waals surface area contributed by atoms with E-state index in [9.17, 15) is 0 Å². The molecule has 1 saturated heterocycles. The van der Waals surface area contributed by atoms with E-state index in [2.05, 4.69) is 34.9 Å². The lowest BCUT2D eigenvalue weighted by atomic mass is 9.75. The van der Waals surface area contributed by atoms with Crippen molar-refractivity contribution in [2.45, 2.75) is 33.6 Å². The zero-order chi connectivity index (χ0) is 9.41. The van der Waals surface area contributed by atoms with E-state index in [1.165, 1.54) is 30.4 Å². The molecule has 1 heterocycles. The van der Waals surface area contributed by atoms with Crippen LogP contribution in [0.3, 0.4) is 0 Å². The van der Waals surface area contributed by atoms with Gasteiger partial charge in [0.25, 0.3) is 0 Å². The summed E-state index contributed by atoms with van der Waals surface area (Å²) in [5.74, 6) is 0.948. The van der Waals surface area contributed by atoms with Crippen molar-refractivity contribution in [1.82, 2.24) is 0 Å². The molecule has 1 heteroatoms. The highest BCUT2D eigenvalue weighted by atomic mass is 15.3. The average Bonchev–Trinajstić information content (AvgIpc) is 1.83. The van der Waals surface area contributed by atoms with Gasteiger partial charge in [0.2, 0.25) is 0 Å². The van der Waals surface area contributed by atoms with Gasteiger partial charge >= 0.3 is 0 Å². The summed E-state index contributed by atoms with van der Waals surface area (Å²) in [6, 6.07) is 0. The molecule has 0 radical (unpaired) electrons. The fraction of sp³-hybridized carbons (Fsp3) is 1.00. The lowest BCUT2D eigenvalue weighted by Crippen LogP contribution is -2.48. The standard InChI is InChI=1S/C11H24N/c1-11(2,3)10-6-8-12(4,5)9-7-10/h10H,6-9H2,1-5H3/q+1. The maximum atomic E-state index is 2.38. The van der Waals surface area contributed by atoms with Crippen molar-refractivity contribution in [2.24, 2.45) is 11.3 Å². The summed E-state index contributed by atoms with van der Waals surface area (Å²) in [6.45, 7) is 9.86. The second-order valence-electron chi connectivity index (χ2n) is 6.02. The Morgan fingerprint density at radius 1 is 1.00 bits per heavy atom. The predicted molar refractivity (Wildman–Crippen MR) is 54.0 cm³/mol. The molecule has 0 bridgehead atoms. The minimum Gasteiger partial charge on any atom is -0.328 e. The quantitative estimate of drug-likeness (QED) is 0.490. The van der Waals surface area contributed by atoms with E-state index in [-0.39, 0.29) is 0 Å². The van der Waals surface area contributed by atoms with Crippen molar-refractivity contribution in [3.05, 3.63) is 0 Å². The fourth-order valence-corrected chi connectivity index (χ4v) is 2.13. The first kappa shape index (κ1) is 10.0. The Balaban J connectivity index is 2.47. The van der Waals surface area contributed by atoms with Crippen molar-refractivity contribution in [2.75, 3.05) is 27.2 Å². The predicted octanol–water partition coefficient (Wildman–Crippen LogP) is 2.52. The maximum Gasteiger partial charge on any atom is 0.0785 e. The van der Waals surface area contributed by atoms with Crippen molar-refractivity contribution in [3.8, 4) is 0 Å². The molecule has 1 aliphatic heterocycles. The summed E-state index contributed by atoms with van der Waals surface area (Å²) >= 11 is 0. The molecule has 0 saturated carbocycles. The van der Waals surface area contributed by atoms with E-state index < -0.39 is 0 Å². The van der Waals surface area contributed by atoms with Gasteiger partial charge in [-0.1, -0.05) is 20.8 Å². The number of piperidine rings is 1. The number of hydrogen-bond acceptors (Lipinski definition) is 0. The Morgan fingerprint density at radius 3 is 1.75 bits per heavy atom. The molecule has 1 fully saturated rings. The van der Waals surface area contributed by atoms with E-state index in [1.807, 2.05) is 0 Å².